The number of aryl methyl sites for hydroxylation is 2. The molecule has 1 aliphatic carbocycles. The zero-order valence-electron chi connectivity index (χ0n) is 25.7. The van der Waals surface area contributed by atoms with E-state index in [1.807, 2.05) is 55.9 Å². The Hall–Kier alpha value is -3.47. The number of likely N-dealkylation sites (tertiary alicyclic amines) is 1. The molecule has 2 aliphatic heterocycles. The summed E-state index contributed by atoms with van der Waals surface area (Å²) in [7, 11) is 0. The summed E-state index contributed by atoms with van der Waals surface area (Å²) in [5, 5.41) is 12.2. The highest BCUT2D eigenvalue weighted by molar-refractivity contribution is 6.30. The molecule has 6 rings (SSSR count). The van der Waals surface area contributed by atoms with Gasteiger partial charge in [0, 0.05) is 49.8 Å². The second kappa shape index (κ2) is 12.1. The molecule has 10 nitrogen and oxygen atoms in total. The fourth-order valence-corrected chi connectivity index (χ4v) is 7.10. The third kappa shape index (κ3) is 6.48. The molecule has 234 valence electrons. The van der Waals surface area contributed by atoms with Gasteiger partial charge in [-0.3, -0.25) is 19.6 Å². The van der Waals surface area contributed by atoms with Gasteiger partial charge in [0.15, 0.2) is 0 Å². The fourth-order valence-electron chi connectivity index (χ4n) is 6.90. The van der Waals surface area contributed by atoms with Crippen molar-refractivity contribution in [3.05, 3.63) is 82.7 Å². The number of amides is 2. The summed E-state index contributed by atoms with van der Waals surface area (Å²) in [5.41, 5.74) is 2.62. The number of fused-ring (bicyclic) bond motifs is 2. The van der Waals surface area contributed by atoms with Gasteiger partial charge in [-0.05, 0) is 81.3 Å². The molecule has 3 aromatic rings. The maximum Gasteiger partial charge on any atom is 0.411 e. The largest absolute Gasteiger partial charge is 0.444 e. The second-order valence-corrected chi connectivity index (χ2v) is 13.7. The number of ether oxygens (including phenoxy) is 1. The van der Waals surface area contributed by atoms with Gasteiger partial charge in [0.25, 0.3) is 0 Å². The molecule has 1 aromatic carbocycles. The molecule has 1 unspecified atom stereocenters. The average Bonchev–Trinajstić information content (AvgIpc) is 3.42. The van der Waals surface area contributed by atoms with Gasteiger partial charge in [-0.2, -0.15) is 0 Å². The van der Waals surface area contributed by atoms with Gasteiger partial charge in [-0.15, -0.1) is 0 Å². The van der Waals surface area contributed by atoms with Crippen LogP contribution in [0.5, 0.6) is 0 Å². The summed E-state index contributed by atoms with van der Waals surface area (Å²) in [4.78, 5) is 42.5. The third-order valence-electron chi connectivity index (χ3n) is 8.84. The van der Waals surface area contributed by atoms with Gasteiger partial charge < -0.3 is 19.3 Å². The first kappa shape index (κ1) is 30.6. The summed E-state index contributed by atoms with van der Waals surface area (Å²) in [6, 6.07) is 9.12. The molecule has 2 saturated heterocycles. The normalized spacial score (nSPS) is 24.3. The Labute approximate surface area is 263 Å². The minimum atomic E-state index is -1.10. The van der Waals surface area contributed by atoms with Gasteiger partial charge in [0.05, 0.1) is 31.2 Å². The molecule has 1 N–H and O–H groups in total. The van der Waals surface area contributed by atoms with E-state index in [0.29, 0.717) is 50.6 Å². The molecule has 3 atom stereocenters. The number of pyridine rings is 1. The monoisotopic (exact) mass is 620 g/mol. The van der Waals surface area contributed by atoms with E-state index < -0.39 is 23.3 Å². The Balaban J connectivity index is 1.33. The zero-order valence-corrected chi connectivity index (χ0v) is 26.4. The van der Waals surface area contributed by atoms with Crippen LogP contribution in [0.2, 0.25) is 5.02 Å². The Morgan fingerprint density at radius 3 is 2.70 bits per heavy atom. The Morgan fingerprint density at radius 1 is 1.11 bits per heavy atom. The highest BCUT2D eigenvalue weighted by Crippen LogP contribution is 2.38. The van der Waals surface area contributed by atoms with Crippen molar-refractivity contribution < 1.29 is 19.4 Å². The molecule has 0 saturated carbocycles. The van der Waals surface area contributed by atoms with E-state index in [-0.39, 0.29) is 18.5 Å². The third-order valence-corrected chi connectivity index (χ3v) is 9.08. The van der Waals surface area contributed by atoms with Gasteiger partial charge in [-0.25, -0.2) is 9.78 Å². The molecular weight excluding hydrogens is 580 g/mol. The summed E-state index contributed by atoms with van der Waals surface area (Å²) in [6.07, 6.45) is 9.40. The summed E-state index contributed by atoms with van der Waals surface area (Å²) < 4.78 is 7.63. The molecule has 4 heterocycles. The number of piperazine rings is 1. The van der Waals surface area contributed by atoms with Crippen LogP contribution in [0, 0.1) is 0 Å². The van der Waals surface area contributed by atoms with E-state index in [1.165, 1.54) is 11.1 Å². The van der Waals surface area contributed by atoms with E-state index in [9.17, 15) is 14.7 Å². The van der Waals surface area contributed by atoms with Gasteiger partial charge >= 0.3 is 6.09 Å². The molecule has 2 amide bonds. The maximum absolute atomic E-state index is 14.4. The van der Waals surface area contributed by atoms with Gasteiger partial charge in [0.1, 0.15) is 17.2 Å². The molecule has 3 aliphatic rings. The Bertz CT molecular complexity index is 1510. The van der Waals surface area contributed by atoms with Crippen LogP contribution in [0.25, 0.3) is 0 Å². The zero-order chi connectivity index (χ0) is 31.1. The predicted octanol–water partition coefficient (Wildman–Crippen LogP) is 4.09. The topological polar surface area (TPSA) is 104 Å². The van der Waals surface area contributed by atoms with Crippen LogP contribution >= 0.6 is 11.6 Å². The number of aromatic nitrogens is 3. The number of β-amino-alcohol motifs (C(OH)–C–C–N with tert-alkyl or cyclic N) is 1. The smallest absolute Gasteiger partial charge is 0.411 e. The van der Waals surface area contributed by atoms with Crippen molar-refractivity contribution in [2.24, 2.45) is 0 Å². The predicted molar refractivity (Wildman–Crippen MR) is 166 cm³/mol. The number of piperidine rings is 1. The van der Waals surface area contributed by atoms with E-state index in [0.717, 1.165) is 24.1 Å². The highest BCUT2D eigenvalue weighted by atomic mass is 35.5. The van der Waals surface area contributed by atoms with Crippen LogP contribution in [-0.4, -0.2) is 96.3 Å². The number of halogens is 1. The lowest BCUT2D eigenvalue weighted by molar-refractivity contribution is -0.147. The average molecular weight is 621 g/mol. The maximum atomic E-state index is 14.4. The molecule has 0 bridgehead atoms. The lowest BCUT2D eigenvalue weighted by atomic mass is 9.91. The van der Waals surface area contributed by atoms with Crippen LogP contribution < -0.4 is 0 Å². The first-order valence-electron chi connectivity index (χ1n) is 15.4. The lowest BCUT2D eigenvalue weighted by Crippen LogP contribution is -2.64. The standard InChI is InChI=1S/C33H41ClN6O4/c1-32(2,3)44-31(42)40-17-16-38(29-26-10-9-25(34)18-24(26)8-7-23-6-4-12-36-28(23)29)19-27(40)30(41)39-14-5-11-33(43,21-39)20-37-15-13-35-22-37/h4,6,9-10,12-13,15,18,22,27,29,43H,5,7-8,11,14,16-17,19-21H2,1-3H3/t27-,29-,33?/m1/s1. The molecule has 2 aromatic heterocycles. The van der Waals surface area contributed by atoms with Gasteiger partial charge in [0.2, 0.25) is 5.91 Å². The molecule has 0 spiro atoms. The van der Waals surface area contributed by atoms with Crippen LogP contribution in [0.4, 0.5) is 4.79 Å². The summed E-state index contributed by atoms with van der Waals surface area (Å²) in [5.74, 6) is -0.185. The number of carbonyl (C=O) groups is 2. The molecule has 11 heteroatoms. The number of hydrogen-bond acceptors (Lipinski definition) is 7. The van der Waals surface area contributed by atoms with Crippen molar-refractivity contribution >= 4 is 23.6 Å². The van der Waals surface area contributed by atoms with Crippen LogP contribution in [0.15, 0.2) is 55.2 Å². The number of carbonyl (C=O) groups excluding carboxylic acids is 2. The minimum absolute atomic E-state index is 0.178. The first-order chi connectivity index (χ1) is 21.0. The number of aliphatic hydroxyl groups is 1. The van der Waals surface area contributed by atoms with Crippen molar-refractivity contribution in [2.45, 2.75) is 76.3 Å². The van der Waals surface area contributed by atoms with Crippen molar-refractivity contribution in [2.75, 3.05) is 32.7 Å². The Kier molecular flexibility index (Phi) is 8.43. The molecule has 44 heavy (non-hydrogen) atoms. The van der Waals surface area contributed by atoms with Crippen molar-refractivity contribution in [1.29, 1.82) is 0 Å². The number of nitrogens with zero attached hydrogens (tertiary/aromatic N) is 6. The summed E-state index contributed by atoms with van der Waals surface area (Å²) in [6.45, 7) is 7.68. The number of rotatable bonds is 4. The van der Waals surface area contributed by atoms with Crippen molar-refractivity contribution in [3.63, 3.8) is 0 Å². The SMILES string of the molecule is CC(C)(C)OC(=O)N1CCN([C@@H]2c3ccc(Cl)cc3CCc3cccnc32)C[C@@H]1C(=O)N1CCCC(O)(Cn2ccnc2)C1. The van der Waals surface area contributed by atoms with Gasteiger partial charge in [-0.1, -0.05) is 23.7 Å². The number of hydrogen-bond donors (Lipinski definition) is 1. The van der Waals surface area contributed by atoms with Crippen molar-refractivity contribution in [3.8, 4) is 0 Å². The van der Waals surface area contributed by atoms with Crippen LogP contribution in [0.3, 0.4) is 0 Å². The van der Waals surface area contributed by atoms with E-state index in [2.05, 4.69) is 22.0 Å². The van der Waals surface area contributed by atoms with E-state index >= 15 is 0 Å². The fraction of sp³-hybridized carbons (Fsp3) is 0.515. The summed E-state index contributed by atoms with van der Waals surface area (Å²) >= 11 is 6.44. The minimum Gasteiger partial charge on any atom is -0.444 e. The molecule has 0 radical (unpaired) electrons. The second-order valence-electron chi connectivity index (χ2n) is 13.3. The number of benzene rings is 1. The molecular formula is C33H41ClN6O4. The van der Waals surface area contributed by atoms with E-state index in [4.69, 9.17) is 21.3 Å². The van der Waals surface area contributed by atoms with Crippen molar-refractivity contribution in [1.82, 2.24) is 29.2 Å². The van der Waals surface area contributed by atoms with Crippen LogP contribution in [0.1, 0.15) is 62.0 Å². The van der Waals surface area contributed by atoms with E-state index in [1.54, 1.807) is 22.3 Å². The quantitative estimate of drug-likeness (QED) is 0.468. The van der Waals surface area contributed by atoms with Crippen LogP contribution in [-0.2, 0) is 28.9 Å². The highest BCUT2D eigenvalue weighted by Gasteiger charge is 2.45. The number of imidazole rings is 1. The lowest BCUT2D eigenvalue weighted by Gasteiger charge is -2.47. The molecule has 2 fully saturated rings. The first-order valence-corrected chi connectivity index (χ1v) is 15.8. The Morgan fingerprint density at radius 2 is 1.93 bits per heavy atom.